The number of aromatic hydroxyl groups is 2. The summed E-state index contributed by atoms with van der Waals surface area (Å²) in [7, 11) is 5.61. The van der Waals surface area contributed by atoms with Gasteiger partial charge in [0, 0.05) is 60.2 Å². The molecule has 1 amide bonds. The smallest absolute Gasteiger partial charge is 0.312 e. The molecule has 2 aromatic rings. The van der Waals surface area contributed by atoms with Crippen LogP contribution in [0.2, 0.25) is 0 Å². The molecule has 60 heavy (non-hydrogen) atoms. The fourth-order valence-corrected chi connectivity index (χ4v) is 8.36. The zero-order chi connectivity index (χ0) is 44.3. The molecule has 322 valence electrons. The van der Waals surface area contributed by atoms with Crippen LogP contribution in [0.3, 0.4) is 0 Å². The molecule has 5 aliphatic rings. The van der Waals surface area contributed by atoms with Crippen molar-refractivity contribution in [1.29, 1.82) is 0 Å². The Morgan fingerprint density at radius 2 is 1.55 bits per heavy atom. The molecule has 4 aliphatic heterocycles. The van der Waals surface area contributed by atoms with Gasteiger partial charge in [-0.1, -0.05) is 59.8 Å². The number of nitrogens with zero attached hydrogens (tertiary/aromatic N) is 3. The number of aliphatic hydroxyl groups is 2. The van der Waals surface area contributed by atoms with Crippen molar-refractivity contribution in [3.63, 3.8) is 0 Å². The average molecular weight is 827 g/mol. The lowest BCUT2D eigenvalue weighted by Crippen LogP contribution is -2.40. The van der Waals surface area contributed by atoms with Crippen LogP contribution in [-0.4, -0.2) is 87.8 Å². The second-order valence-corrected chi connectivity index (χ2v) is 17.4. The van der Waals surface area contributed by atoms with E-state index in [1.807, 2.05) is 64.7 Å². The fraction of sp³-hybridized carbons (Fsp3) is 0.478. The van der Waals surface area contributed by atoms with E-state index >= 15 is 0 Å². The summed E-state index contributed by atoms with van der Waals surface area (Å²) in [6.45, 7) is 16.7. The summed E-state index contributed by atoms with van der Waals surface area (Å²) in [5, 5.41) is 48.1. The molecule has 0 spiro atoms. The van der Waals surface area contributed by atoms with Crippen LogP contribution in [0.1, 0.15) is 71.3 Å². The molecule has 0 saturated heterocycles. The topological polar surface area (TPSA) is 195 Å². The van der Waals surface area contributed by atoms with Crippen LogP contribution in [-0.2, 0) is 9.53 Å². The number of Topliss-reactive ketones (excluding diaryl/α,β-unsaturated/α-hetero) is 1. The predicted molar refractivity (Wildman–Crippen MR) is 232 cm³/mol. The normalized spacial score (nSPS) is 30.0. The highest BCUT2D eigenvalue weighted by Gasteiger charge is 2.50. The number of nitrogens with one attached hydrogen (secondary N) is 1. The number of carbonyl (C=O) groups excluding carboxylic acids is 2. The average Bonchev–Trinajstić information content (AvgIpc) is 3.46. The maximum atomic E-state index is 14.7. The third-order valence-electron chi connectivity index (χ3n) is 12.8. The first-order valence-electron chi connectivity index (χ1n) is 20.4. The molecule has 1 aliphatic carbocycles. The first kappa shape index (κ1) is 44.1. The predicted octanol–water partition coefficient (Wildman–Crippen LogP) is 6.94. The Bertz CT molecular complexity index is 2470. The van der Waals surface area contributed by atoms with Gasteiger partial charge in [0.15, 0.2) is 11.3 Å². The highest BCUT2D eigenvalue weighted by molar-refractivity contribution is 6.22. The molecule has 5 N–H and O–H groups in total. The number of carbonyl (C=O) groups is 2. The molecule has 14 heteroatoms. The van der Waals surface area contributed by atoms with E-state index in [0.717, 1.165) is 0 Å². The van der Waals surface area contributed by atoms with Crippen LogP contribution < -0.4 is 20.4 Å². The third kappa shape index (κ3) is 7.72. The number of benzene rings is 3. The van der Waals surface area contributed by atoms with Gasteiger partial charge in [-0.3, -0.25) is 19.3 Å². The number of aromatic nitrogens is 1. The summed E-state index contributed by atoms with van der Waals surface area (Å²) in [6, 6.07) is 3.16. The molecule has 0 unspecified atom stereocenters. The van der Waals surface area contributed by atoms with Gasteiger partial charge in [0.1, 0.15) is 34.1 Å². The fourth-order valence-electron chi connectivity index (χ4n) is 8.36. The van der Waals surface area contributed by atoms with E-state index in [-0.39, 0.29) is 96.8 Å². The highest BCUT2D eigenvalue weighted by atomic mass is 16.7. The Hall–Kier alpha value is -5.44. The summed E-state index contributed by atoms with van der Waals surface area (Å²) in [5.41, 5.74) is -0.456. The second-order valence-electron chi connectivity index (χ2n) is 17.4. The van der Waals surface area contributed by atoms with E-state index in [1.54, 1.807) is 25.1 Å². The SMILES string of the molecule is C/C1=C/C=C/[C@H](C)[C@H](O)[C@@H](C)[C@@H](O)[C@@H](C)[C@H](C)[C@H](C)[C@@H](C)/C=C/O[C@@]2(C)Oc3c(C)c(O)c4c(=O)c(c5oc6cc(N(C)CN(C)C)cc(O)c6nc-5c4c3C2=O)NC1=O. The minimum atomic E-state index is -1.93. The first-order valence-corrected chi connectivity index (χ1v) is 20.4. The van der Waals surface area contributed by atoms with Crippen molar-refractivity contribution in [2.45, 2.75) is 80.3 Å². The molecular formula is C46H58N4O10. The van der Waals surface area contributed by atoms with Gasteiger partial charge < -0.3 is 44.5 Å². The summed E-state index contributed by atoms with van der Waals surface area (Å²) in [5.74, 6) is -5.35. The highest BCUT2D eigenvalue weighted by Crippen LogP contribution is 2.51. The first-order chi connectivity index (χ1) is 28.1. The lowest BCUT2D eigenvalue weighted by Gasteiger charge is -2.36. The number of hydrogen-bond donors (Lipinski definition) is 5. The number of hydrogen-bond acceptors (Lipinski definition) is 13. The van der Waals surface area contributed by atoms with E-state index in [4.69, 9.17) is 18.9 Å². The van der Waals surface area contributed by atoms with E-state index in [9.17, 15) is 34.8 Å². The Balaban J connectivity index is 1.61. The van der Waals surface area contributed by atoms with Crippen molar-refractivity contribution in [1.82, 2.24) is 9.88 Å². The number of aliphatic hydroxyl groups excluding tert-OH is 2. The lowest BCUT2D eigenvalue weighted by molar-refractivity contribution is -0.112. The molecule has 4 heterocycles. The Morgan fingerprint density at radius 3 is 2.22 bits per heavy atom. The zero-order valence-electron chi connectivity index (χ0n) is 36.4. The monoisotopic (exact) mass is 826 g/mol. The molecule has 0 aromatic heterocycles. The number of fused-ring (bicyclic) bond motifs is 14. The van der Waals surface area contributed by atoms with Gasteiger partial charge in [0.2, 0.25) is 5.43 Å². The minimum absolute atomic E-state index is 0.00280. The molecule has 0 fully saturated rings. The number of amides is 1. The molecule has 7 rings (SSSR count). The molecule has 5 bridgehead atoms. The van der Waals surface area contributed by atoms with Crippen LogP contribution in [0.5, 0.6) is 17.2 Å². The van der Waals surface area contributed by atoms with Crippen molar-refractivity contribution in [2.24, 2.45) is 35.5 Å². The van der Waals surface area contributed by atoms with Crippen LogP contribution in [0.25, 0.3) is 33.3 Å². The van der Waals surface area contributed by atoms with Crippen molar-refractivity contribution in [2.75, 3.05) is 38.0 Å². The number of phenols is 2. The van der Waals surface area contributed by atoms with Crippen LogP contribution in [0.4, 0.5) is 11.4 Å². The number of phenolic OH excluding ortho intramolecular Hbond substituents is 2. The molecule has 0 radical (unpaired) electrons. The molecule has 2 aromatic carbocycles. The summed E-state index contributed by atoms with van der Waals surface area (Å²) >= 11 is 0. The minimum Gasteiger partial charge on any atom is -0.507 e. The Kier molecular flexibility index (Phi) is 12.2. The molecule has 0 saturated carbocycles. The van der Waals surface area contributed by atoms with Crippen LogP contribution in [0.15, 0.2) is 57.5 Å². The Labute approximate surface area is 350 Å². The maximum Gasteiger partial charge on any atom is 0.312 e. The van der Waals surface area contributed by atoms with Gasteiger partial charge in [0.25, 0.3) is 11.7 Å². The summed E-state index contributed by atoms with van der Waals surface area (Å²) in [6.07, 6.45) is 6.41. The zero-order valence-corrected chi connectivity index (χ0v) is 36.4. The largest absolute Gasteiger partial charge is 0.507 e. The lowest BCUT2D eigenvalue weighted by atomic mass is 9.72. The summed E-state index contributed by atoms with van der Waals surface area (Å²) < 4.78 is 18.7. The van der Waals surface area contributed by atoms with Gasteiger partial charge in [-0.2, -0.15) is 0 Å². The van der Waals surface area contributed by atoms with Gasteiger partial charge in [-0.05, 0) is 57.7 Å². The number of anilines is 2. The summed E-state index contributed by atoms with van der Waals surface area (Å²) in [4.78, 5) is 51.8. The van der Waals surface area contributed by atoms with Gasteiger partial charge >= 0.3 is 5.79 Å². The third-order valence-corrected chi connectivity index (χ3v) is 12.8. The van der Waals surface area contributed by atoms with Crippen molar-refractivity contribution >= 4 is 44.9 Å². The number of ketones is 1. The van der Waals surface area contributed by atoms with Gasteiger partial charge in [-0.25, -0.2) is 4.98 Å². The van der Waals surface area contributed by atoms with Crippen molar-refractivity contribution in [3.05, 3.63) is 69.6 Å². The van der Waals surface area contributed by atoms with Gasteiger partial charge in [-0.15, -0.1) is 0 Å². The van der Waals surface area contributed by atoms with Crippen LogP contribution in [0, 0.1) is 42.4 Å². The van der Waals surface area contributed by atoms with Crippen molar-refractivity contribution < 1.29 is 43.9 Å². The van der Waals surface area contributed by atoms with E-state index in [0.29, 0.717) is 12.4 Å². The maximum absolute atomic E-state index is 14.7. The molecule has 14 nitrogen and oxygen atoms in total. The van der Waals surface area contributed by atoms with Crippen LogP contribution >= 0.6 is 0 Å². The van der Waals surface area contributed by atoms with E-state index in [2.05, 4.69) is 19.2 Å². The Morgan fingerprint density at radius 1 is 0.867 bits per heavy atom. The quantitative estimate of drug-likeness (QED) is 0.0811. The van der Waals surface area contributed by atoms with E-state index in [1.165, 1.54) is 32.3 Å². The number of allylic oxidation sites excluding steroid dienone is 3. The number of ether oxygens (including phenoxy) is 2. The standard InChI is InChI=1S/C46H58N4O10/c1-21-16-17-58-46(9)44(56)34-32-33(40(54)28(8)42(34)60-46)41(55)37(43-36(32)47-35-30(51)18-29(19-31(35)59-43)50(12)20-49(10)11)48-45(57)23(3)15-13-14-22(2)38(52)27(7)39(53)26(6)25(5)24(21)4/h13-19,21-22,24-27,38-39,51-54H,20H2,1-12H3,(H,48,57)/b14-13+,17-16+,23-15-/t21-,22-,24+,25+,26-,27+,38-,39-,46-/m0/s1. The van der Waals surface area contributed by atoms with Crippen molar-refractivity contribution in [3.8, 4) is 28.7 Å². The van der Waals surface area contributed by atoms with Gasteiger partial charge in [0.05, 0.1) is 36.1 Å². The molecule has 9 atom stereocenters. The number of rotatable bonds is 3. The molecular weight excluding hydrogens is 769 g/mol. The van der Waals surface area contributed by atoms with E-state index < -0.39 is 46.8 Å². The second kappa shape index (κ2) is 16.5.